The van der Waals surface area contributed by atoms with Crippen LogP contribution >= 0.6 is 24.0 Å². The topological polar surface area (TPSA) is 89.0 Å². The van der Waals surface area contributed by atoms with E-state index >= 15 is 0 Å². The second kappa shape index (κ2) is 10.5. The largest absolute Gasteiger partial charge is 0.490 e. The van der Waals surface area contributed by atoms with Crippen LogP contribution in [0.5, 0.6) is 5.75 Å². The summed E-state index contributed by atoms with van der Waals surface area (Å²) >= 11 is 0. The molecule has 0 amide bonds. The Hall–Kier alpha value is -2.82. The van der Waals surface area contributed by atoms with Crippen molar-refractivity contribution in [3.05, 3.63) is 60.2 Å². The number of hydrogen-bond donors (Lipinski definition) is 2. The van der Waals surface area contributed by atoms with Gasteiger partial charge in [0.05, 0.1) is 12.6 Å². The number of hydrogen-bond acceptors (Lipinski definition) is 5. The molecule has 4 aromatic rings. The van der Waals surface area contributed by atoms with Crippen molar-refractivity contribution in [2.75, 3.05) is 20.2 Å². The maximum absolute atomic E-state index is 6.08. The predicted octanol–water partition coefficient (Wildman–Crippen LogP) is 3.96. The molecule has 164 valence electrons. The number of halogens is 1. The van der Waals surface area contributed by atoms with E-state index in [0.29, 0.717) is 19.1 Å². The summed E-state index contributed by atoms with van der Waals surface area (Å²) < 4.78 is 13.7. The molecule has 0 radical (unpaired) electrons. The summed E-state index contributed by atoms with van der Waals surface area (Å²) in [5.74, 6) is 3.18. The summed E-state index contributed by atoms with van der Waals surface area (Å²) in [7, 11) is 1.75. The molecule has 0 saturated carbocycles. The van der Waals surface area contributed by atoms with Gasteiger partial charge in [-0.15, -0.1) is 34.2 Å². The van der Waals surface area contributed by atoms with Gasteiger partial charge in [0, 0.05) is 31.6 Å². The lowest BCUT2D eigenvalue weighted by Gasteiger charge is -2.16. The van der Waals surface area contributed by atoms with Crippen molar-refractivity contribution in [3.8, 4) is 5.75 Å². The second-order valence-electron chi connectivity index (χ2n) is 6.92. The predicted molar refractivity (Wildman–Crippen MR) is 132 cm³/mol. The molecule has 31 heavy (non-hydrogen) atoms. The zero-order chi connectivity index (χ0) is 20.9. The molecule has 0 aliphatic rings. The van der Waals surface area contributed by atoms with Gasteiger partial charge >= 0.3 is 0 Å². The molecule has 0 saturated heterocycles. The number of nitrogens with zero attached hydrogens (tertiary/aromatic N) is 4. The third-order valence-corrected chi connectivity index (χ3v) is 4.86. The van der Waals surface area contributed by atoms with Crippen LogP contribution in [0.25, 0.3) is 16.6 Å². The lowest BCUT2D eigenvalue weighted by atomic mass is 10.2. The molecule has 0 bridgehead atoms. The van der Waals surface area contributed by atoms with E-state index in [1.165, 1.54) is 0 Å². The van der Waals surface area contributed by atoms with Gasteiger partial charge in [0.15, 0.2) is 22.9 Å². The van der Waals surface area contributed by atoms with Crippen LogP contribution in [0.15, 0.2) is 58.1 Å². The molecule has 3 heterocycles. The van der Waals surface area contributed by atoms with E-state index in [1.54, 1.807) is 7.05 Å². The first kappa shape index (κ1) is 22.9. The van der Waals surface area contributed by atoms with Gasteiger partial charge in [-0.3, -0.25) is 9.39 Å². The number of aliphatic imine (C=N–C) groups is 1. The minimum absolute atomic E-state index is 0. The summed E-state index contributed by atoms with van der Waals surface area (Å²) in [6, 6.07) is 13.8. The highest BCUT2D eigenvalue weighted by atomic mass is 127. The molecule has 1 aromatic carbocycles. The van der Waals surface area contributed by atoms with Gasteiger partial charge in [0.25, 0.3) is 0 Å². The Morgan fingerprint density at radius 3 is 2.90 bits per heavy atom. The SMILES string of the molecule is CCOc1cccc2cc(C(C)NC(=NC)NCCc3nnc4ccccn34)oc12.I. The molecule has 2 N–H and O–H groups in total. The average molecular weight is 534 g/mol. The monoisotopic (exact) mass is 534 g/mol. The van der Waals surface area contributed by atoms with Crippen LogP contribution in [0.2, 0.25) is 0 Å². The normalized spacial score (nSPS) is 12.5. The van der Waals surface area contributed by atoms with Crippen molar-refractivity contribution >= 4 is 46.6 Å². The van der Waals surface area contributed by atoms with Crippen LogP contribution in [-0.4, -0.2) is 40.8 Å². The number of fused-ring (bicyclic) bond motifs is 2. The summed E-state index contributed by atoms with van der Waals surface area (Å²) in [5.41, 5.74) is 1.62. The summed E-state index contributed by atoms with van der Waals surface area (Å²) in [5, 5.41) is 16.2. The van der Waals surface area contributed by atoms with Gasteiger partial charge in [-0.2, -0.15) is 0 Å². The molecular formula is C22H27IN6O2. The number of rotatable bonds is 7. The van der Waals surface area contributed by atoms with E-state index in [4.69, 9.17) is 9.15 Å². The van der Waals surface area contributed by atoms with E-state index in [2.05, 4.69) is 25.8 Å². The molecular weight excluding hydrogens is 507 g/mol. The maximum atomic E-state index is 6.08. The van der Waals surface area contributed by atoms with Gasteiger partial charge in [-0.1, -0.05) is 18.2 Å². The highest BCUT2D eigenvalue weighted by molar-refractivity contribution is 14.0. The first-order valence-electron chi connectivity index (χ1n) is 10.1. The molecule has 0 aliphatic carbocycles. The van der Waals surface area contributed by atoms with Gasteiger partial charge < -0.3 is 19.8 Å². The minimum Gasteiger partial charge on any atom is -0.490 e. The molecule has 1 unspecified atom stereocenters. The fourth-order valence-electron chi connectivity index (χ4n) is 3.36. The molecule has 3 aromatic heterocycles. The Morgan fingerprint density at radius 1 is 1.23 bits per heavy atom. The molecule has 9 heteroatoms. The zero-order valence-corrected chi connectivity index (χ0v) is 20.2. The second-order valence-corrected chi connectivity index (χ2v) is 6.92. The van der Waals surface area contributed by atoms with Crippen molar-refractivity contribution in [1.82, 2.24) is 25.2 Å². The smallest absolute Gasteiger partial charge is 0.191 e. The van der Waals surface area contributed by atoms with Crippen LogP contribution < -0.4 is 15.4 Å². The number of furan rings is 1. The molecule has 4 rings (SSSR count). The van der Waals surface area contributed by atoms with Crippen molar-refractivity contribution in [2.45, 2.75) is 26.3 Å². The third kappa shape index (κ3) is 5.09. The Morgan fingerprint density at radius 2 is 2.10 bits per heavy atom. The summed E-state index contributed by atoms with van der Waals surface area (Å²) in [6.45, 7) is 5.28. The molecule has 0 fully saturated rings. The Kier molecular flexibility index (Phi) is 7.72. The maximum Gasteiger partial charge on any atom is 0.191 e. The first-order valence-corrected chi connectivity index (χ1v) is 10.1. The number of ether oxygens (including phenoxy) is 1. The quantitative estimate of drug-likeness (QED) is 0.212. The number of pyridine rings is 1. The fraction of sp³-hybridized carbons (Fsp3) is 0.318. The van der Waals surface area contributed by atoms with Crippen LogP contribution in [0.4, 0.5) is 0 Å². The van der Waals surface area contributed by atoms with E-state index in [1.807, 2.05) is 66.9 Å². The molecule has 8 nitrogen and oxygen atoms in total. The highest BCUT2D eigenvalue weighted by Gasteiger charge is 2.15. The van der Waals surface area contributed by atoms with E-state index in [-0.39, 0.29) is 30.0 Å². The molecule has 0 spiro atoms. The first-order chi connectivity index (χ1) is 14.7. The number of nitrogens with one attached hydrogen (secondary N) is 2. The van der Waals surface area contributed by atoms with Crippen LogP contribution in [0.1, 0.15) is 31.5 Å². The van der Waals surface area contributed by atoms with Crippen molar-refractivity contribution in [1.29, 1.82) is 0 Å². The average Bonchev–Trinajstić information content (AvgIpc) is 3.38. The zero-order valence-electron chi connectivity index (χ0n) is 17.8. The van der Waals surface area contributed by atoms with Gasteiger partial charge in [0.1, 0.15) is 11.6 Å². The number of guanidine groups is 1. The summed E-state index contributed by atoms with van der Waals surface area (Å²) in [6.07, 6.45) is 2.69. The lowest BCUT2D eigenvalue weighted by molar-refractivity contribution is 0.336. The third-order valence-electron chi connectivity index (χ3n) is 4.86. The summed E-state index contributed by atoms with van der Waals surface area (Å²) in [4.78, 5) is 4.32. The minimum atomic E-state index is -0.0630. The van der Waals surface area contributed by atoms with Crippen LogP contribution in [-0.2, 0) is 6.42 Å². The van der Waals surface area contributed by atoms with Gasteiger partial charge in [-0.05, 0) is 38.1 Å². The Labute approximate surface area is 198 Å². The Balaban J connectivity index is 0.00000272. The van der Waals surface area contributed by atoms with E-state index < -0.39 is 0 Å². The highest BCUT2D eigenvalue weighted by Crippen LogP contribution is 2.31. The number of para-hydroxylation sites is 1. The van der Waals surface area contributed by atoms with Gasteiger partial charge in [-0.25, -0.2) is 0 Å². The van der Waals surface area contributed by atoms with Crippen molar-refractivity contribution < 1.29 is 9.15 Å². The fourth-order valence-corrected chi connectivity index (χ4v) is 3.36. The van der Waals surface area contributed by atoms with E-state index in [0.717, 1.165) is 40.4 Å². The standard InChI is InChI=1S/C22H26N6O2.HI/c1-4-29-17-9-7-8-16-14-18(30-21(16)17)15(2)25-22(23-3)24-12-11-20-27-26-19-10-5-6-13-28(19)20;/h5-10,13-15H,4,11-12H2,1-3H3,(H2,23,24,25);1H. The number of aromatic nitrogens is 3. The molecule has 1 atom stereocenters. The lowest BCUT2D eigenvalue weighted by Crippen LogP contribution is -2.39. The van der Waals surface area contributed by atoms with Crippen LogP contribution in [0, 0.1) is 0 Å². The van der Waals surface area contributed by atoms with Gasteiger partial charge in [0.2, 0.25) is 0 Å². The molecule has 0 aliphatic heterocycles. The Bertz CT molecular complexity index is 1170. The van der Waals surface area contributed by atoms with Crippen molar-refractivity contribution in [2.24, 2.45) is 4.99 Å². The van der Waals surface area contributed by atoms with Crippen LogP contribution in [0.3, 0.4) is 0 Å². The van der Waals surface area contributed by atoms with Crippen molar-refractivity contribution in [3.63, 3.8) is 0 Å². The number of benzene rings is 1. The van der Waals surface area contributed by atoms with E-state index in [9.17, 15) is 0 Å².